The number of amides is 1. The molecule has 1 aromatic heterocycles. The van der Waals surface area contributed by atoms with Crippen LogP contribution in [0, 0.1) is 0 Å². The van der Waals surface area contributed by atoms with Gasteiger partial charge in [-0.05, 0) is 61.6 Å². The van der Waals surface area contributed by atoms with Crippen LogP contribution in [0.25, 0.3) is 0 Å². The van der Waals surface area contributed by atoms with Crippen molar-refractivity contribution in [1.29, 1.82) is 0 Å². The second-order valence-corrected chi connectivity index (χ2v) is 9.58. The minimum absolute atomic E-state index is 0.148. The molecule has 3 heterocycles. The number of ether oxygens (including phenoxy) is 2. The van der Waals surface area contributed by atoms with Gasteiger partial charge in [-0.3, -0.25) is 4.79 Å². The van der Waals surface area contributed by atoms with Crippen molar-refractivity contribution in [2.75, 3.05) is 26.8 Å². The monoisotopic (exact) mass is 462 g/mol. The van der Waals surface area contributed by atoms with E-state index in [1.165, 1.54) is 16.4 Å². The maximum atomic E-state index is 13.3. The Morgan fingerprint density at radius 2 is 1.97 bits per heavy atom. The maximum Gasteiger partial charge on any atom is 0.374 e. The first-order valence-electron chi connectivity index (χ1n) is 10.6. The van der Waals surface area contributed by atoms with Gasteiger partial charge in [0.05, 0.1) is 13.7 Å². The van der Waals surface area contributed by atoms with Crippen molar-refractivity contribution in [3.8, 4) is 5.75 Å². The van der Waals surface area contributed by atoms with E-state index in [0.717, 1.165) is 16.9 Å². The average molecular weight is 463 g/mol. The van der Waals surface area contributed by atoms with Crippen molar-refractivity contribution in [2.45, 2.75) is 43.9 Å². The fourth-order valence-corrected chi connectivity index (χ4v) is 5.79. The van der Waals surface area contributed by atoms with Crippen LogP contribution in [0.5, 0.6) is 5.75 Å². The van der Waals surface area contributed by atoms with Gasteiger partial charge < -0.3 is 18.8 Å². The molecule has 0 aliphatic carbocycles. The zero-order chi connectivity index (χ0) is 22.9. The summed E-state index contributed by atoms with van der Waals surface area (Å²) in [4.78, 5) is 26.9. The number of fused-ring (bicyclic) bond motifs is 1. The minimum atomic E-state index is -4.08. The van der Waals surface area contributed by atoms with Gasteiger partial charge in [0.1, 0.15) is 11.8 Å². The summed E-state index contributed by atoms with van der Waals surface area (Å²) in [5.74, 6) is -0.422. The van der Waals surface area contributed by atoms with E-state index < -0.39 is 22.0 Å². The van der Waals surface area contributed by atoms with Crippen LogP contribution < -0.4 is 4.74 Å². The fraction of sp³-hybridized carbons (Fsp3) is 0.455. The van der Waals surface area contributed by atoms with E-state index in [1.807, 2.05) is 18.2 Å². The Kier molecular flexibility index (Phi) is 6.25. The lowest BCUT2D eigenvalue weighted by atomic mass is 9.98. The molecule has 0 N–H and O–H groups in total. The predicted molar refractivity (Wildman–Crippen MR) is 114 cm³/mol. The molecule has 0 saturated carbocycles. The molecule has 32 heavy (non-hydrogen) atoms. The normalized spacial score (nSPS) is 18.9. The highest BCUT2D eigenvalue weighted by Gasteiger charge is 2.43. The molecule has 0 spiro atoms. The molecule has 2 aliphatic rings. The first-order chi connectivity index (χ1) is 15.3. The van der Waals surface area contributed by atoms with Gasteiger partial charge in [-0.2, -0.15) is 4.31 Å². The first kappa shape index (κ1) is 22.3. The Bertz CT molecular complexity index is 1130. The molecule has 1 saturated heterocycles. The Hall–Kier alpha value is -2.85. The van der Waals surface area contributed by atoms with Gasteiger partial charge in [0.15, 0.2) is 0 Å². The number of esters is 1. The predicted octanol–water partition coefficient (Wildman–Crippen LogP) is 2.20. The van der Waals surface area contributed by atoms with Crippen LogP contribution in [-0.4, -0.2) is 62.3 Å². The molecular weight excluding hydrogens is 436 g/mol. The summed E-state index contributed by atoms with van der Waals surface area (Å²) in [5, 5.41) is -0.367. The number of hydrogen-bond acceptors (Lipinski definition) is 7. The van der Waals surface area contributed by atoms with Crippen molar-refractivity contribution in [2.24, 2.45) is 0 Å². The molecule has 0 bridgehead atoms. The highest BCUT2D eigenvalue weighted by Crippen LogP contribution is 2.30. The highest BCUT2D eigenvalue weighted by molar-refractivity contribution is 7.89. The number of methoxy groups -OCH3 is 1. The van der Waals surface area contributed by atoms with Crippen molar-refractivity contribution in [3.63, 3.8) is 0 Å². The molecule has 1 unspecified atom stereocenters. The topological polar surface area (TPSA) is 106 Å². The number of hydrogen-bond donors (Lipinski definition) is 0. The van der Waals surface area contributed by atoms with Crippen molar-refractivity contribution < 1.29 is 31.9 Å². The number of rotatable bonds is 6. The molecule has 2 aromatic rings. The van der Waals surface area contributed by atoms with E-state index in [9.17, 15) is 18.0 Å². The smallest absolute Gasteiger partial charge is 0.374 e. The first-order valence-corrected chi connectivity index (χ1v) is 12.0. The fourth-order valence-electron chi connectivity index (χ4n) is 4.22. The summed E-state index contributed by atoms with van der Waals surface area (Å²) >= 11 is 0. The third-order valence-electron chi connectivity index (χ3n) is 5.85. The van der Waals surface area contributed by atoms with Crippen LogP contribution in [0.2, 0.25) is 0 Å². The van der Waals surface area contributed by atoms with Gasteiger partial charge in [0, 0.05) is 19.6 Å². The van der Waals surface area contributed by atoms with Crippen LogP contribution in [0.4, 0.5) is 0 Å². The number of carbonyl (C=O) groups is 2. The molecule has 0 radical (unpaired) electrons. The van der Waals surface area contributed by atoms with Gasteiger partial charge in [-0.1, -0.05) is 6.07 Å². The summed E-state index contributed by atoms with van der Waals surface area (Å²) in [6, 6.07) is 7.51. The summed E-state index contributed by atoms with van der Waals surface area (Å²) in [5.41, 5.74) is 2.16. The lowest BCUT2D eigenvalue weighted by Gasteiger charge is -2.33. The van der Waals surface area contributed by atoms with Crippen molar-refractivity contribution in [1.82, 2.24) is 9.21 Å². The van der Waals surface area contributed by atoms with Gasteiger partial charge in [-0.15, -0.1) is 0 Å². The molecule has 10 heteroatoms. The molecular formula is C22H26N2O7S. The number of furan rings is 1. The van der Waals surface area contributed by atoms with Gasteiger partial charge >= 0.3 is 5.97 Å². The standard InChI is InChI=1S/C22H26N2O7S/c1-3-30-22(26)19-8-9-20(31-19)32(27,28)24-11-4-5-18(24)21(25)23-12-10-15-6-7-17(29-2)13-16(15)14-23/h6-9,13,18H,3-5,10-12,14H2,1-2H3. The van der Waals surface area contributed by atoms with Crippen molar-refractivity contribution in [3.05, 3.63) is 47.2 Å². The SMILES string of the molecule is CCOC(=O)c1ccc(S(=O)(=O)N2CCCC2C(=O)N2CCc3ccc(OC)cc3C2)o1. The van der Waals surface area contributed by atoms with Crippen LogP contribution in [0.1, 0.15) is 41.4 Å². The van der Waals surface area contributed by atoms with Crippen LogP contribution in [0.3, 0.4) is 0 Å². The van der Waals surface area contributed by atoms with E-state index in [1.54, 1.807) is 18.9 Å². The molecule has 1 atom stereocenters. The Morgan fingerprint density at radius 1 is 1.16 bits per heavy atom. The van der Waals surface area contributed by atoms with Gasteiger partial charge in [-0.25, -0.2) is 13.2 Å². The molecule has 4 rings (SSSR count). The van der Waals surface area contributed by atoms with Crippen LogP contribution in [0.15, 0.2) is 39.8 Å². The molecule has 2 aliphatic heterocycles. The summed E-state index contributed by atoms with van der Waals surface area (Å²) in [6.07, 6.45) is 1.70. The van der Waals surface area contributed by atoms with E-state index >= 15 is 0 Å². The largest absolute Gasteiger partial charge is 0.497 e. The molecule has 1 aromatic carbocycles. The molecule has 1 amide bonds. The average Bonchev–Trinajstić information content (AvgIpc) is 3.49. The van der Waals surface area contributed by atoms with E-state index in [0.29, 0.717) is 32.4 Å². The quantitative estimate of drug-likeness (QED) is 0.606. The lowest BCUT2D eigenvalue weighted by molar-refractivity contribution is -0.135. The lowest BCUT2D eigenvalue weighted by Crippen LogP contribution is -2.48. The number of sulfonamides is 1. The van der Waals surface area contributed by atoms with Crippen LogP contribution >= 0.6 is 0 Å². The second kappa shape index (κ2) is 8.95. The summed E-state index contributed by atoms with van der Waals surface area (Å²) in [7, 11) is -2.49. The number of nitrogens with zero attached hydrogens (tertiary/aromatic N) is 2. The third-order valence-corrected chi connectivity index (χ3v) is 7.63. The zero-order valence-electron chi connectivity index (χ0n) is 18.1. The van der Waals surface area contributed by atoms with Crippen molar-refractivity contribution >= 4 is 21.9 Å². The molecule has 1 fully saturated rings. The van der Waals surface area contributed by atoms with E-state index in [4.69, 9.17) is 13.9 Å². The van der Waals surface area contributed by atoms with E-state index in [-0.39, 0.29) is 29.9 Å². The number of benzene rings is 1. The minimum Gasteiger partial charge on any atom is -0.497 e. The summed E-state index contributed by atoms with van der Waals surface area (Å²) < 4.78 is 43.0. The van der Waals surface area contributed by atoms with Crippen LogP contribution in [-0.2, 0) is 32.5 Å². The second-order valence-electron chi connectivity index (χ2n) is 7.76. The number of carbonyl (C=O) groups excluding carboxylic acids is 2. The molecule has 9 nitrogen and oxygen atoms in total. The highest BCUT2D eigenvalue weighted by atomic mass is 32.2. The van der Waals surface area contributed by atoms with E-state index in [2.05, 4.69) is 0 Å². The third kappa shape index (κ3) is 4.12. The maximum absolute atomic E-state index is 13.3. The Morgan fingerprint density at radius 3 is 2.72 bits per heavy atom. The zero-order valence-corrected chi connectivity index (χ0v) is 18.9. The van der Waals surface area contributed by atoms with Gasteiger partial charge in [0.2, 0.25) is 16.8 Å². The molecule has 172 valence electrons. The summed E-state index contributed by atoms with van der Waals surface area (Å²) in [6.45, 7) is 2.94. The van der Waals surface area contributed by atoms with Gasteiger partial charge in [0.25, 0.3) is 10.0 Å². The Balaban J connectivity index is 1.53. The Labute approximate surface area is 186 Å².